The Kier molecular flexibility index (Phi) is 14.3. The fourth-order valence-corrected chi connectivity index (χ4v) is 13.9. The minimum Gasteiger partial charge on any atom is -0.393 e. The van der Waals surface area contributed by atoms with E-state index in [1.807, 2.05) is 6.08 Å². The molecule has 0 bridgehead atoms. The van der Waals surface area contributed by atoms with E-state index in [2.05, 4.69) is 47.6 Å². The maximum absolute atomic E-state index is 13.9. The Morgan fingerprint density at radius 3 is 2.03 bits per heavy atom. The lowest BCUT2D eigenvalue weighted by molar-refractivity contribution is -0.383. The molecule has 16 nitrogen and oxygen atoms in total. The average molecular weight is 885 g/mol. The summed E-state index contributed by atoms with van der Waals surface area (Å²) < 4.78 is 36.7. The van der Waals surface area contributed by atoms with Crippen molar-refractivity contribution < 1.29 is 79.2 Å². The lowest BCUT2D eigenvalue weighted by Gasteiger charge is -2.69. The van der Waals surface area contributed by atoms with Crippen LogP contribution in [-0.2, 0) is 33.2 Å². The largest absolute Gasteiger partial charge is 0.393 e. The highest BCUT2D eigenvalue weighted by Gasteiger charge is 2.71. The van der Waals surface area contributed by atoms with Crippen LogP contribution in [-0.4, -0.2) is 164 Å². The zero-order valence-electron chi connectivity index (χ0n) is 37.6. The molecule has 0 amide bonds. The Morgan fingerprint density at radius 1 is 0.710 bits per heavy atom. The smallest absolute Gasteiger partial charge is 0.187 e. The molecule has 356 valence electrons. The fourth-order valence-electron chi connectivity index (χ4n) is 13.9. The number of carbonyl (C=O) groups excluding carboxylic acids is 1. The number of aldehydes is 1. The van der Waals surface area contributed by atoms with Crippen LogP contribution in [0.3, 0.4) is 0 Å². The van der Waals surface area contributed by atoms with E-state index < -0.39 is 102 Å². The Hall–Kier alpha value is -1.19. The van der Waals surface area contributed by atoms with Gasteiger partial charge >= 0.3 is 0 Å². The number of carbonyl (C=O) groups is 1. The van der Waals surface area contributed by atoms with Crippen LogP contribution in [0.25, 0.3) is 0 Å². The number of aliphatic hydroxyl groups is 9. The van der Waals surface area contributed by atoms with Crippen LogP contribution < -0.4 is 0 Å². The number of hydrogen-bond acceptors (Lipinski definition) is 16. The molecule has 9 N–H and O–H groups in total. The molecule has 0 aromatic rings. The molecule has 7 fully saturated rings. The van der Waals surface area contributed by atoms with E-state index in [9.17, 15) is 50.8 Å². The van der Waals surface area contributed by atoms with Crippen LogP contribution in [0.2, 0.25) is 0 Å². The van der Waals surface area contributed by atoms with Gasteiger partial charge in [-0.05, 0) is 111 Å². The van der Waals surface area contributed by atoms with Crippen molar-refractivity contribution in [3.63, 3.8) is 0 Å². The first kappa shape index (κ1) is 48.7. The van der Waals surface area contributed by atoms with Crippen molar-refractivity contribution in [2.75, 3.05) is 19.8 Å². The first-order valence-electron chi connectivity index (χ1n) is 23.2. The SMILES string of the molecule is CC(C)/C=C/C[C@@](O)(CO)[C@H]1CC[C@]2(C)[C@@H]1CC[C@@H]1[C@@]3(C=O)CC[C@H](O[C@@H]4OC[C@H](O)[C@H](O[C@@H]5OC[C@@H](O)[C@H](O)[C@H]5O)[C@H]4O[C@@H]4O[C@@H](C)[C@H](O)[C@@H](O)[C@H]4O)C(C)(C)[C@@H]3CC[C@]12C. The van der Waals surface area contributed by atoms with E-state index >= 15 is 0 Å². The molecule has 0 aromatic heterocycles. The van der Waals surface area contributed by atoms with Gasteiger partial charge in [0.05, 0.1) is 37.6 Å². The third-order valence-electron chi connectivity index (χ3n) is 17.7. The maximum atomic E-state index is 13.9. The van der Waals surface area contributed by atoms with E-state index in [1.165, 1.54) is 13.2 Å². The van der Waals surface area contributed by atoms with Gasteiger partial charge in [0.2, 0.25) is 0 Å². The van der Waals surface area contributed by atoms with Gasteiger partial charge in [0.15, 0.2) is 18.9 Å². The summed E-state index contributed by atoms with van der Waals surface area (Å²) in [5.41, 5.74) is -2.84. The zero-order chi connectivity index (χ0) is 45.3. The second-order valence-electron chi connectivity index (χ2n) is 21.6. The van der Waals surface area contributed by atoms with Gasteiger partial charge in [-0.25, -0.2) is 0 Å². The summed E-state index contributed by atoms with van der Waals surface area (Å²) in [5, 5.41) is 97.2. The normalized spacial score (nSPS) is 51.6. The molecule has 16 heteroatoms. The van der Waals surface area contributed by atoms with Gasteiger partial charge in [0, 0.05) is 5.41 Å². The number of allylic oxidation sites excluding steroid dienone is 1. The Balaban J connectivity index is 1.13. The molecule has 3 aliphatic heterocycles. The molecule has 0 aromatic carbocycles. The van der Waals surface area contributed by atoms with Gasteiger partial charge in [-0.2, -0.15) is 0 Å². The summed E-state index contributed by atoms with van der Waals surface area (Å²) in [7, 11) is 0. The number of rotatable bonds is 12. The second kappa shape index (κ2) is 18.1. The van der Waals surface area contributed by atoms with Gasteiger partial charge < -0.3 is 79.2 Å². The lowest BCUT2D eigenvalue weighted by Crippen LogP contribution is -2.67. The maximum Gasteiger partial charge on any atom is 0.187 e. The van der Waals surface area contributed by atoms with Crippen LogP contribution in [0.4, 0.5) is 0 Å². The van der Waals surface area contributed by atoms with Crippen LogP contribution >= 0.6 is 0 Å². The molecule has 7 aliphatic rings. The highest BCUT2D eigenvalue weighted by Crippen LogP contribution is 2.75. The first-order chi connectivity index (χ1) is 29.1. The zero-order valence-corrected chi connectivity index (χ0v) is 37.6. The van der Waals surface area contributed by atoms with Crippen molar-refractivity contribution in [2.45, 2.75) is 198 Å². The van der Waals surface area contributed by atoms with E-state index in [0.717, 1.165) is 38.5 Å². The molecule has 0 spiro atoms. The molecule has 0 unspecified atom stereocenters. The van der Waals surface area contributed by atoms with Crippen LogP contribution in [0, 0.1) is 51.2 Å². The molecule has 7 rings (SSSR count). The third-order valence-corrected chi connectivity index (χ3v) is 17.7. The van der Waals surface area contributed by atoms with Gasteiger partial charge in [0.1, 0.15) is 61.2 Å². The molecule has 0 radical (unpaired) electrons. The van der Waals surface area contributed by atoms with E-state index in [0.29, 0.717) is 25.2 Å². The van der Waals surface area contributed by atoms with Crippen molar-refractivity contribution in [3.05, 3.63) is 12.2 Å². The summed E-state index contributed by atoms with van der Waals surface area (Å²) in [4.78, 5) is 13.9. The van der Waals surface area contributed by atoms with Gasteiger partial charge in [0.25, 0.3) is 0 Å². The van der Waals surface area contributed by atoms with Crippen LogP contribution in [0.1, 0.15) is 106 Å². The average Bonchev–Trinajstić information content (AvgIpc) is 3.60. The molecular formula is C46H76O16. The van der Waals surface area contributed by atoms with Crippen molar-refractivity contribution in [3.8, 4) is 0 Å². The summed E-state index contributed by atoms with van der Waals surface area (Å²) in [6.07, 6.45) is -7.63. The number of fused-ring (bicyclic) bond motifs is 5. The topological polar surface area (TPSA) is 255 Å². The fraction of sp³-hybridized carbons (Fsp3) is 0.935. The molecule has 4 aliphatic carbocycles. The predicted octanol–water partition coefficient (Wildman–Crippen LogP) is 1.32. The first-order valence-corrected chi connectivity index (χ1v) is 23.2. The van der Waals surface area contributed by atoms with Crippen molar-refractivity contribution in [1.82, 2.24) is 0 Å². The lowest BCUT2D eigenvalue weighted by atomic mass is 9.35. The number of hydrogen-bond donors (Lipinski definition) is 9. The Bertz CT molecular complexity index is 1580. The predicted molar refractivity (Wildman–Crippen MR) is 221 cm³/mol. The van der Waals surface area contributed by atoms with Gasteiger partial charge in [-0.15, -0.1) is 0 Å². The Morgan fingerprint density at radius 2 is 1.35 bits per heavy atom. The standard InChI is InChI=1S/C46H76O16/c1-23(2)9-8-15-46(56,22-48)26-12-16-43(6)25(26)10-11-30-44(43,7)17-13-29-42(4,5)31(14-18-45(29,30)21-47)60-41-38(62-40-36(55)34(53)32(51)24(3)59-40)37(28(50)20-58-41)61-39-35(54)33(52)27(49)19-57-39/h8-9,21,23-41,48-56H,10-20,22H2,1-7H3/b9-8+/t24-,25+,26-,27+,28-,29-,30-,31-,32-,33-,34+,35+,36+,37-,38+,39-,40-,41-,43+,44+,45+,46+/m0/s1. The van der Waals surface area contributed by atoms with Crippen LogP contribution in [0.15, 0.2) is 12.2 Å². The Labute approximate surface area is 365 Å². The van der Waals surface area contributed by atoms with E-state index in [-0.39, 0.29) is 54.3 Å². The van der Waals surface area contributed by atoms with Crippen molar-refractivity contribution in [1.29, 1.82) is 0 Å². The monoisotopic (exact) mass is 885 g/mol. The number of aliphatic hydroxyl groups excluding tert-OH is 8. The highest BCUT2D eigenvalue weighted by atomic mass is 16.8. The van der Waals surface area contributed by atoms with Gasteiger partial charge in [-0.1, -0.05) is 53.7 Å². The quantitative estimate of drug-likeness (QED) is 0.0761. The second-order valence-corrected chi connectivity index (χ2v) is 21.6. The molecule has 22 atom stereocenters. The van der Waals surface area contributed by atoms with Crippen LogP contribution in [0.5, 0.6) is 0 Å². The summed E-state index contributed by atoms with van der Waals surface area (Å²) in [6, 6.07) is 0. The van der Waals surface area contributed by atoms with Crippen molar-refractivity contribution in [2.24, 2.45) is 51.2 Å². The van der Waals surface area contributed by atoms with Crippen molar-refractivity contribution >= 4 is 6.29 Å². The summed E-state index contributed by atoms with van der Waals surface area (Å²) in [6.45, 7) is 13.7. The summed E-state index contributed by atoms with van der Waals surface area (Å²) in [5.74, 6) is 0.468. The minimum absolute atomic E-state index is 0.0594. The molecule has 3 saturated heterocycles. The van der Waals surface area contributed by atoms with E-state index in [1.54, 1.807) is 0 Å². The molecule has 4 saturated carbocycles. The highest BCUT2D eigenvalue weighted by molar-refractivity contribution is 5.62. The number of ether oxygens (including phenoxy) is 6. The minimum atomic E-state index is -1.72. The van der Waals surface area contributed by atoms with E-state index in [4.69, 9.17) is 28.4 Å². The molecule has 62 heavy (non-hydrogen) atoms. The third kappa shape index (κ3) is 8.10. The molecule has 3 heterocycles. The summed E-state index contributed by atoms with van der Waals surface area (Å²) >= 11 is 0. The van der Waals surface area contributed by atoms with Gasteiger partial charge in [-0.3, -0.25) is 0 Å². The molecular weight excluding hydrogens is 808 g/mol.